The van der Waals surface area contributed by atoms with E-state index in [0.717, 1.165) is 37.7 Å². The van der Waals surface area contributed by atoms with Crippen molar-refractivity contribution in [2.45, 2.75) is 50.0 Å². The van der Waals surface area contributed by atoms with Crippen LogP contribution in [0.25, 0.3) is 0 Å². The molecule has 6 rings (SSSR count). The molecule has 1 saturated heterocycles. The summed E-state index contributed by atoms with van der Waals surface area (Å²) in [4.78, 5) is 27.1. The first kappa shape index (κ1) is 18.1. The Balaban J connectivity index is 1.55. The van der Waals surface area contributed by atoms with Gasteiger partial charge in [-0.2, -0.15) is 0 Å². The van der Waals surface area contributed by atoms with Gasteiger partial charge in [0.15, 0.2) is 0 Å². The Morgan fingerprint density at radius 3 is 2.25 bits per heavy atom. The number of hydrogen-bond donors (Lipinski definition) is 2. The Kier molecular flexibility index (Phi) is 3.89. The molecule has 1 aliphatic heterocycles. The molecule has 5 fully saturated rings. The van der Waals surface area contributed by atoms with Crippen LogP contribution in [0.1, 0.15) is 44.1 Å². The standard InChI is InChI=1S/C22H27FN2O3/c23-17-3-1-14(2-4-17)22(10-19(27)25-11-18(26)12-25)15-5-13-6-16(22)9-21(7-13,8-15)20(24)28/h1-4,13,15-16,18,26H,5-12H2,(H2,24,28)/t13?,15?,16?,21-,22+. The van der Waals surface area contributed by atoms with Gasteiger partial charge in [0.25, 0.3) is 0 Å². The minimum atomic E-state index is -0.434. The number of benzene rings is 1. The minimum absolute atomic E-state index is 0.0511. The monoisotopic (exact) mass is 386 g/mol. The van der Waals surface area contributed by atoms with Crippen LogP contribution in [0.5, 0.6) is 0 Å². The maximum Gasteiger partial charge on any atom is 0.223 e. The first-order chi connectivity index (χ1) is 13.3. The number of nitrogens with zero attached hydrogens (tertiary/aromatic N) is 1. The highest BCUT2D eigenvalue weighted by atomic mass is 19.1. The molecule has 2 unspecified atom stereocenters. The number of aliphatic hydroxyl groups excluding tert-OH is 1. The highest BCUT2D eigenvalue weighted by molar-refractivity contribution is 5.82. The van der Waals surface area contributed by atoms with Gasteiger partial charge in [-0.15, -0.1) is 0 Å². The lowest BCUT2D eigenvalue weighted by molar-refractivity contribution is -0.162. The summed E-state index contributed by atoms with van der Waals surface area (Å²) in [7, 11) is 0. The molecule has 4 bridgehead atoms. The van der Waals surface area contributed by atoms with Crippen LogP contribution in [-0.4, -0.2) is 41.0 Å². The second-order valence-electron chi connectivity index (χ2n) is 9.66. The molecule has 3 N–H and O–H groups in total. The van der Waals surface area contributed by atoms with Crippen molar-refractivity contribution in [1.29, 1.82) is 0 Å². The van der Waals surface area contributed by atoms with Gasteiger partial charge < -0.3 is 15.7 Å². The Hall–Kier alpha value is -1.95. The zero-order valence-electron chi connectivity index (χ0n) is 15.9. The second-order valence-corrected chi connectivity index (χ2v) is 9.66. The number of carbonyl (C=O) groups is 2. The fourth-order valence-electron chi connectivity index (χ4n) is 7.04. The summed E-state index contributed by atoms with van der Waals surface area (Å²) in [6, 6.07) is 6.60. The number of hydrogen-bond acceptors (Lipinski definition) is 3. The van der Waals surface area contributed by atoms with Crippen LogP contribution in [0.2, 0.25) is 0 Å². The molecule has 6 heteroatoms. The number of carbonyl (C=O) groups excluding carboxylic acids is 2. The smallest absolute Gasteiger partial charge is 0.223 e. The Morgan fingerprint density at radius 2 is 1.71 bits per heavy atom. The van der Waals surface area contributed by atoms with Crippen LogP contribution in [0.4, 0.5) is 4.39 Å². The molecule has 5 nitrogen and oxygen atoms in total. The number of primary amides is 1. The lowest BCUT2D eigenvalue weighted by Crippen LogP contribution is -2.64. The highest BCUT2D eigenvalue weighted by Gasteiger charge is 2.64. The first-order valence-electron chi connectivity index (χ1n) is 10.3. The van der Waals surface area contributed by atoms with Crippen molar-refractivity contribution in [3.05, 3.63) is 35.6 Å². The van der Waals surface area contributed by atoms with Gasteiger partial charge in [0.1, 0.15) is 5.82 Å². The van der Waals surface area contributed by atoms with E-state index in [-0.39, 0.29) is 34.9 Å². The maximum atomic E-state index is 13.6. The van der Waals surface area contributed by atoms with E-state index in [2.05, 4.69) is 0 Å². The van der Waals surface area contributed by atoms with Gasteiger partial charge in [0, 0.05) is 30.3 Å². The Labute approximate surface area is 164 Å². The van der Waals surface area contributed by atoms with Crippen molar-refractivity contribution in [1.82, 2.24) is 4.90 Å². The van der Waals surface area contributed by atoms with E-state index in [1.165, 1.54) is 12.1 Å². The summed E-state index contributed by atoms with van der Waals surface area (Å²) in [5, 5.41) is 9.59. The molecule has 28 heavy (non-hydrogen) atoms. The van der Waals surface area contributed by atoms with E-state index in [1.807, 2.05) is 12.1 Å². The summed E-state index contributed by atoms with van der Waals surface area (Å²) in [6.45, 7) is 0.781. The third-order valence-electron chi connectivity index (χ3n) is 8.21. The van der Waals surface area contributed by atoms with Gasteiger partial charge >= 0.3 is 0 Å². The van der Waals surface area contributed by atoms with Crippen LogP contribution >= 0.6 is 0 Å². The molecule has 4 aliphatic carbocycles. The van der Waals surface area contributed by atoms with E-state index < -0.39 is 11.5 Å². The van der Waals surface area contributed by atoms with Crippen molar-refractivity contribution in [3.63, 3.8) is 0 Å². The molecule has 2 amide bonds. The molecule has 2 atom stereocenters. The van der Waals surface area contributed by atoms with Crippen LogP contribution in [0.3, 0.4) is 0 Å². The lowest BCUT2D eigenvalue weighted by atomic mass is 9.39. The summed E-state index contributed by atoms with van der Waals surface area (Å²) in [6.07, 6.45) is 4.26. The Bertz CT molecular complexity index is 802. The SMILES string of the molecule is NC(=O)[C@]12CC3CC(C1)[C@](CC(=O)N1CC(O)C1)(c1ccc(F)cc1)C(C3)C2. The first-order valence-corrected chi connectivity index (χ1v) is 10.3. The van der Waals surface area contributed by atoms with E-state index in [0.29, 0.717) is 25.4 Å². The van der Waals surface area contributed by atoms with Gasteiger partial charge in [0.05, 0.1) is 6.10 Å². The van der Waals surface area contributed by atoms with Crippen molar-refractivity contribution < 1.29 is 19.1 Å². The fourth-order valence-corrected chi connectivity index (χ4v) is 7.04. The predicted octanol–water partition coefficient (Wildman–Crippen LogP) is 1.97. The zero-order valence-corrected chi connectivity index (χ0v) is 15.9. The zero-order chi connectivity index (χ0) is 19.7. The van der Waals surface area contributed by atoms with Gasteiger partial charge in [-0.1, -0.05) is 12.1 Å². The molecular weight excluding hydrogens is 359 g/mol. The maximum absolute atomic E-state index is 13.6. The fraction of sp³-hybridized carbons (Fsp3) is 0.636. The number of aliphatic hydroxyl groups is 1. The lowest BCUT2D eigenvalue weighted by Gasteiger charge is -2.65. The van der Waals surface area contributed by atoms with E-state index in [1.54, 1.807) is 4.90 Å². The molecule has 5 aliphatic rings. The summed E-state index contributed by atoms with van der Waals surface area (Å²) in [5.41, 5.74) is 6.05. The third kappa shape index (κ3) is 2.46. The number of rotatable bonds is 4. The number of nitrogens with two attached hydrogens (primary N) is 1. The second kappa shape index (κ2) is 6.02. The molecule has 0 radical (unpaired) electrons. The van der Waals surface area contributed by atoms with Gasteiger partial charge in [-0.05, 0) is 67.6 Å². The molecule has 0 spiro atoms. The third-order valence-corrected chi connectivity index (χ3v) is 8.21. The van der Waals surface area contributed by atoms with Gasteiger partial charge in [0.2, 0.25) is 11.8 Å². The van der Waals surface area contributed by atoms with Crippen molar-refractivity contribution in [2.24, 2.45) is 28.9 Å². The van der Waals surface area contributed by atoms with Crippen molar-refractivity contribution >= 4 is 11.8 Å². The molecule has 1 aromatic rings. The normalized spacial score (nSPS) is 39.1. The average molecular weight is 386 g/mol. The molecule has 1 heterocycles. The van der Waals surface area contributed by atoms with Gasteiger partial charge in [-0.25, -0.2) is 4.39 Å². The molecule has 150 valence electrons. The summed E-state index contributed by atoms with van der Waals surface area (Å²) >= 11 is 0. The highest BCUT2D eigenvalue weighted by Crippen LogP contribution is 2.68. The molecular formula is C22H27FN2O3. The quantitative estimate of drug-likeness (QED) is 0.830. The van der Waals surface area contributed by atoms with E-state index in [9.17, 15) is 19.1 Å². The van der Waals surface area contributed by atoms with Crippen molar-refractivity contribution in [3.8, 4) is 0 Å². The topological polar surface area (TPSA) is 83.6 Å². The number of halogens is 1. The molecule has 0 aromatic heterocycles. The van der Waals surface area contributed by atoms with Crippen LogP contribution in [-0.2, 0) is 15.0 Å². The number of β-amino-alcohol motifs (C(OH)–C–C–N with tert-alkyl or cyclic N) is 1. The minimum Gasteiger partial charge on any atom is -0.389 e. The van der Waals surface area contributed by atoms with Crippen LogP contribution in [0.15, 0.2) is 24.3 Å². The van der Waals surface area contributed by atoms with Crippen molar-refractivity contribution in [2.75, 3.05) is 13.1 Å². The molecule has 4 saturated carbocycles. The Morgan fingerprint density at radius 1 is 1.11 bits per heavy atom. The predicted molar refractivity (Wildman–Crippen MR) is 100 cm³/mol. The molecule has 1 aromatic carbocycles. The van der Waals surface area contributed by atoms with E-state index >= 15 is 0 Å². The van der Waals surface area contributed by atoms with E-state index in [4.69, 9.17) is 5.73 Å². The summed E-state index contributed by atoms with van der Waals surface area (Å²) < 4.78 is 13.6. The largest absolute Gasteiger partial charge is 0.389 e. The van der Waals surface area contributed by atoms with Crippen LogP contribution < -0.4 is 5.73 Å². The van der Waals surface area contributed by atoms with Crippen LogP contribution in [0, 0.1) is 29.0 Å². The summed E-state index contributed by atoms with van der Waals surface area (Å²) in [5.74, 6) is 0.457. The number of likely N-dealkylation sites (tertiary alicyclic amines) is 1. The average Bonchev–Trinajstić information content (AvgIpc) is 2.62. The van der Waals surface area contributed by atoms with Gasteiger partial charge in [-0.3, -0.25) is 9.59 Å². The number of amides is 2.